The number of nitrogens with zero attached hydrogens (tertiary/aromatic N) is 2. The van der Waals surface area contributed by atoms with Crippen molar-refractivity contribution in [3.05, 3.63) is 46.7 Å². The van der Waals surface area contributed by atoms with Crippen LogP contribution in [-0.4, -0.2) is 33.8 Å². The van der Waals surface area contributed by atoms with Gasteiger partial charge in [0.1, 0.15) is 10.7 Å². The summed E-state index contributed by atoms with van der Waals surface area (Å²) in [5, 5.41) is 7.52. The molecule has 150 valence electrons. The van der Waals surface area contributed by atoms with E-state index in [4.69, 9.17) is 16.3 Å². The van der Waals surface area contributed by atoms with Crippen molar-refractivity contribution < 1.29 is 14.3 Å². The molecule has 2 aromatic rings. The van der Waals surface area contributed by atoms with Crippen LogP contribution in [0.15, 0.2) is 30.3 Å². The van der Waals surface area contributed by atoms with Gasteiger partial charge in [0.25, 0.3) is 5.91 Å². The molecule has 0 spiro atoms. The molecule has 1 aliphatic rings. The Morgan fingerprint density at radius 3 is 2.46 bits per heavy atom. The molecule has 1 N–H and O–H groups in total. The lowest BCUT2D eigenvalue weighted by Gasteiger charge is -2.19. The Hall–Kier alpha value is -2.34. The number of hydrogen-bond donors (Lipinski definition) is 1. The quantitative estimate of drug-likeness (QED) is 0.599. The van der Waals surface area contributed by atoms with E-state index in [1.165, 1.54) is 17.5 Å². The van der Waals surface area contributed by atoms with E-state index in [-0.39, 0.29) is 22.7 Å². The highest BCUT2D eigenvalue weighted by Gasteiger charge is 2.27. The summed E-state index contributed by atoms with van der Waals surface area (Å²) in [6.45, 7) is 3.27. The van der Waals surface area contributed by atoms with Gasteiger partial charge in [-0.3, -0.25) is 4.79 Å². The average molecular weight is 404 g/mol. The molecule has 1 heterocycles. The smallest absolute Gasteiger partial charge is 0.344 e. The summed E-state index contributed by atoms with van der Waals surface area (Å²) in [7, 11) is 0. The number of para-hydroxylation sites is 1. The lowest BCUT2D eigenvalue weighted by Crippen LogP contribution is -2.41. The number of aryl methyl sites for hydroxylation is 1. The number of amides is 1. The second-order valence-corrected chi connectivity index (χ2v) is 7.60. The fraction of sp³-hybridized carbons (Fsp3) is 0.476. The van der Waals surface area contributed by atoms with Gasteiger partial charge in [0.05, 0.1) is 11.4 Å². The van der Waals surface area contributed by atoms with Gasteiger partial charge in [-0.2, -0.15) is 5.10 Å². The summed E-state index contributed by atoms with van der Waals surface area (Å²) in [5.41, 5.74) is 1.38. The molecule has 0 radical (unpaired) electrons. The number of hydrogen-bond acceptors (Lipinski definition) is 4. The van der Waals surface area contributed by atoms with Crippen LogP contribution in [-0.2, 0) is 9.53 Å². The van der Waals surface area contributed by atoms with Crippen molar-refractivity contribution in [3.8, 4) is 5.69 Å². The number of ether oxygens (including phenoxy) is 1. The molecule has 1 atom stereocenters. The number of benzene rings is 1. The SMILES string of the molecule is Cc1nn(-c2ccccc2)c(Cl)c1C(=O)O[C@H](C)C(=O)NC1CCCCCC1. The standard InChI is InChI=1S/C21H26ClN3O3/c1-14-18(19(22)25(24-14)17-12-8-5-9-13-17)21(27)28-15(2)20(26)23-16-10-6-3-4-7-11-16/h5,8-9,12-13,15-16H,3-4,6-7,10-11H2,1-2H3,(H,23,26)/t15-/m1/s1. The summed E-state index contributed by atoms with van der Waals surface area (Å²) in [6, 6.07) is 9.45. The third kappa shape index (κ3) is 4.73. The van der Waals surface area contributed by atoms with Crippen molar-refractivity contribution in [2.45, 2.75) is 64.5 Å². The van der Waals surface area contributed by atoms with Gasteiger partial charge < -0.3 is 10.1 Å². The summed E-state index contributed by atoms with van der Waals surface area (Å²) in [4.78, 5) is 25.1. The first-order valence-corrected chi connectivity index (χ1v) is 10.2. The summed E-state index contributed by atoms with van der Waals surface area (Å²) >= 11 is 6.39. The summed E-state index contributed by atoms with van der Waals surface area (Å²) in [6.07, 6.45) is 5.70. The number of nitrogens with one attached hydrogen (secondary N) is 1. The van der Waals surface area contributed by atoms with Crippen molar-refractivity contribution in [1.82, 2.24) is 15.1 Å². The van der Waals surface area contributed by atoms with Gasteiger partial charge in [-0.25, -0.2) is 9.48 Å². The van der Waals surface area contributed by atoms with E-state index >= 15 is 0 Å². The Morgan fingerprint density at radius 1 is 1.18 bits per heavy atom. The molecule has 1 fully saturated rings. The molecule has 28 heavy (non-hydrogen) atoms. The number of carbonyl (C=O) groups excluding carboxylic acids is 2. The largest absolute Gasteiger partial charge is 0.449 e. The van der Waals surface area contributed by atoms with Crippen LogP contribution in [0.5, 0.6) is 0 Å². The molecule has 1 saturated carbocycles. The van der Waals surface area contributed by atoms with Gasteiger partial charge >= 0.3 is 5.97 Å². The van der Waals surface area contributed by atoms with Crippen LogP contribution in [0.1, 0.15) is 61.5 Å². The maximum absolute atomic E-state index is 12.7. The number of esters is 1. The van der Waals surface area contributed by atoms with E-state index in [0.717, 1.165) is 31.4 Å². The first-order valence-electron chi connectivity index (χ1n) is 9.79. The molecule has 7 heteroatoms. The molecule has 6 nitrogen and oxygen atoms in total. The molecule has 0 bridgehead atoms. The summed E-state index contributed by atoms with van der Waals surface area (Å²) in [5.74, 6) is -0.919. The van der Waals surface area contributed by atoms with E-state index < -0.39 is 12.1 Å². The predicted molar refractivity (Wildman–Crippen MR) is 108 cm³/mol. The van der Waals surface area contributed by atoms with Gasteiger partial charge in [0, 0.05) is 6.04 Å². The zero-order chi connectivity index (χ0) is 20.1. The van der Waals surface area contributed by atoms with Crippen molar-refractivity contribution >= 4 is 23.5 Å². The first-order chi connectivity index (χ1) is 13.5. The Labute approximate surface area is 170 Å². The molecule has 1 amide bonds. The van der Waals surface area contributed by atoms with E-state index in [2.05, 4.69) is 10.4 Å². The van der Waals surface area contributed by atoms with Gasteiger partial charge in [-0.1, -0.05) is 55.5 Å². The lowest BCUT2D eigenvalue weighted by molar-refractivity contribution is -0.129. The van der Waals surface area contributed by atoms with Crippen LogP contribution >= 0.6 is 11.6 Å². The maximum Gasteiger partial charge on any atom is 0.344 e. The fourth-order valence-electron chi connectivity index (χ4n) is 3.49. The molecule has 1 aliphatic carbocycles. The monoisotopic (exact) mass is 403 g/mol. The van der Waals surface area contributed by atoms with Crippen LogP contribution < -0.4 is 5.32 Å². The Balaban J connectivity index is 1.67. The van der Waals surface area contributed by atoms with Crippen molar-refractivity contribution in [2.24, 2.45) is 0 Å². The van der Waals surface area contributed by atoms with Crippen LogP contribution in [0, 0.1) is 6.92 Å². The second kappa shape index (κ2) is 9.24. The minimum absolute atomic E-state index is 0.155. The molecule has 0 saturated heterocycles. The molecular weight excluding hydrogens is 378 g/mol. The minimum Gasteiger partial charge on any atom is -0.449 e. The number of rotatable bonds is 5. The Morgan fingerprint density at radius 2 is 1.82 bits per heavy atom. The molecule has 0 unspecified atom stereocenters. The normalized spacial score (nSPS) is 16.2. The van der Waals surface area contributed by atoms with Crippen LogP contribution in [0.2, 0.25) is 5.15 Å². The zero-order valence-corrected chi connectivity index (χ0v) is 17.0. The summed E-state index contributed by atoms with van der Waals surface area (Å²) < 4.78 is 6.88. The van der Waals surface area contributed by atoms with Crippen molar-refractivity contribution in [1.29, 1.82) is 0 Å². The highest BCUT2D eigenvalue weighted by molar-refractivity contribution is 6.33. The van der Waals surface area contributed by atoms with E-state index in [9.17, 15) is 9.59 Å². The van der Waals surface area contributed by atoms with E-state index in [1.807, 2.05) is 30.3 Å². The second-order valence-electron chi connectivity index (χ2n) is 7.24. The predicted octanol–water partition coefficient (Wildman–Crippen LogP) is 4.22. The highest BCUT2D eigenvalue weighted by Crippen LogP contribution is 2.25. The molecular formula is C21H26ClN3O3. The third-order valence-corrected chi connectivity index (χ3v) is 5.41. The molecule has 1 aromatic carbocycles. The van der Waals surface area contributed by atoms with Crippen molar-refractivity contribution in [3.63, 3.8) is 0 Å². The number of carbonyl (C=O) groups is 2. The maximum atomic E-state index is 12.7. The molecule has 3 rings (SSSR count). The first kappa shape index (κ1) is 20.4. The third-order valence-electron chi connectivity index (χ3n) is 5.06. The molecule has 1 aromatic heterocycles. The van der Waals surface area contributed by atoms with Gasteiger partial charge in [-0.15, -0.1) is 0 Å². The van der Waals surface area contributed by atoms with Gasteiger partial charge in [-0.05, 0) is 38.8 Å². The highest BCUT2D eigenvalue weighted by atomic mass is 35.5. The minimum atomic E-state index is -0.897. The van der Waals surface area contributed by atoms with E-state index in [1.54, 1.807) is 13.8 Å². The topological polar surface area (TPSA) is 73.2 Å². The van der Waals surface area contributed by atoms with Gasteiger partial charge in [0.15, 0.2) is 6.10 Å². The van der Waals surface area contributed by atoms with Crippen LogP contribution in [0.4, 0.5) is 0 Å². The van der Waals surface area contributed by atoms with Gasteiger partial charge in [0.2, 0.25) is 0 Å². The lowest BCUT2D eigenvalue weighted by atomic mass is 10.1. The fourth-order valence-corrected chi connectivity index (χ4v) is 3.84. The number of halogens is 1. The van der Waals surface area contributed by atoms with Crippen LogP contribution in [0.25, 0.3) is 5.69 Å². The Kier molecular flexibility index (Phi) is 6.73. The Bertz CT molecular complexity index is 827. The van der Waals surface area contributed by atoms with Crippen LogP contribution in [0.3, 0.4) is 0 Å². The number of aromatic nitrogens is 2. The average Bonchev–Trinajstić information content (AvgIpc) is 2.84. The van der Waals surface area contributed by atoms with Crippen molar-refractivity contribution in [2.75, 3.05) is 0 Å². The molecule has 0 aliphatic heterocycles. The van der Waals surface area contributed by atoms with E-state index in [0.29, 0.717) is 5.69 Å². The zero-order valence-electron chi connectivity index (χ0n) is 16.3.